The molecule has 156 valence electrons. The number of amides is 1. The highest BCUT2D eigenvalue weighted by Gasteiger charge is 2.17. The summed E-state index contributed by atoms with van der Waals surface area (Å²) >= 11 is 7.53. The molecule has 5 nitrogen and oxygen atoms in total. The zero-order chi connectivity index (χ0) is 20.9. The Kier molecular flexibility index (Phi) is 6.67. The van der Waals surface area contributed by atoms with E-state index < -0.39 is 0 Å². The first-order valence-corrected chi connectivity index (χ1v) is 11.2. The normalized spacial score (nSPS) is 14.7. The van der Waals surface area contributed by atoms with E-state index >= 15 is 0 Å². The number of hydrogen-bond acceptors (Lipinski definition) is 5. The van der Waals surface area contributed by atoms with Crippen LogP contribution >= 0.6 is 23.4 Å². The Morgan fingerprint density at radius 1 is 1.03 bits per heavy atom. The van der Waals surface area contributed by atoms with Gasteiger partial charge < -0.3 is 19.5 Å². The molecule has 0 unspecified atom stereocenters. The topological polar surface area (TPSA) is 48.7 Å². The number of anilines is 2. The van der Waals surface area contributed by atoms with Gasteiger partial charge in [-0.15, -0.1) is 11.8 Å². The number of nitrogens with one attached hydrogen (secondary N) is 1. The second-order valence-corrected chi connectivity index (χ2v) is 8.78. The summed E-state index contributed by atoms with van der Waals surface area (Å²) in [7, 11) is 2.15. The molecule has 1 N–H and O–H groups in total. The van der Waals surface area contributed by atoms with E-state index in [9.17, 15) is 4.79 Å². The largest absolute Gasteiger partial charge is 0.468 e. The minimum atomic E-state index is -0.164. The summed E-state index contributed by atoms with van der Waals surface area (Å²) < 4.78 is 5.56. The first kappa shape index (κ1) is 20.8. The first-order chi connectivity index (χ1) is 14.6. The first-order valence-electron chi connectivity index (χ1n) is 9.88. The van der Waals surface area contributed by atoms with Crippen LogP contribution in [0.15, 0.2) is 70.2 Å². The minimum Gasteiger partial charge on any atom is -0.468 e. The minimum absolute atomic E-state index is 0.164. The monoisotopic (exact) mass is 441 g/mol. The lowest BCUT2D eigenvalue weighted by Gasteiger charge is -2.34. The van der Waals surface area contributed by atoms with Crippen molar-refractivity contribution < 1.29 is 9.21 Å². The van der Waals surface area contributed by atoms with Crippen molar-refractivity contribution in [3.05, 3.63) is 77.2 Å². The van der Waals surface area contributed by atoms with Gasteiger partial charge in [-0.3, -0.25) is 4.79 Å². The van der Waals surface area contributed by atoms with Crippen LogP contribution in [0.3, 0.4) is 0 Å². The van der Waals surface area contributed by atoms with Crippen molar-refractivity contribution in [3.63, 3.8) is 0 Å². The van der Waals surface area contributed by atoms with E-state index in [2.05, 4.69) is 34.3 Å². The third-order valence-corrected chi connectivity index (χ3v) is 6.43. The van der Waals surface area contributed by atoms with Crippen LogP contribution in [0.2, 0.25) is 5.02 Å². The van der Waals surface area contributed by atoms with Crippen LogP contribution in [0, 0.1) is 0 Å². The van der Waals surface area contributed by atoms with Gasteiger partial charge >= 0.3 is 0 Å². The second kappa shape index (κ2) is 9.60. The number of thioether (sulfide) groups is 1. The molecule has 1 aromatic heterocycles. The number of halogens is 1. The molecule has 1 saturated heterocycles. The summed E-state index contributed by atoms with van der Waals surface area (Å²) in [4.78, 5) is 18.5. The van der Waals surface area contributed by atoms with Crippen LogP contribution < -0.4 is 10.2 Å². The molecule has 0 spiro atoms. The van der Waals surface area contributed by atoms with Crippen LogP contribution in [-0.2, 0) is 5.75 Å². The summed E-state index contributed by atoms with van der Waals surface area (Å²) in [5, 5.41) is 3.68. The number of hydrogen-bond donors (Lipinski definition) is 1. The Bertz CT molecular complexity index is 980. The van der Waals surface area contributed by atoms with Crippen LogP contribution in [-0.4, -0.2) is 44.0 Å². The fourth-order valence-corrected chi connectivity index (χ4v) is 4.33. The maximum Gasteiger partial charge on any atom is 0.259 e. The van der Waals surface area contributed by atoms with Crippen molar-refractivity contribution in [2.45, 2.75) is 10.6 Å². The Hall–Kier alpha value is -2.41. The molecule has 0 bridgehead atoms. The Morgan fingerprint density at radius 2 is 1.73 bits per heavy atom. The lowest BCUT2D eigenvalue weighted by Crippen LogP contribution is -2.44. The smallest absolute Gasteiger partial charge is 0.259 e. The van der Waals surface area contributed by atoms with Gasteiger partial charge in [0, 0.05) is 47.5 Å². The summed E-state index contributed by atoms with van der Waals surface area (Å²) in [6.45, 7) is 4.17. The van der Waals surface area contributed by atoms with Gasteiger partial charge in [0.25, 0.3) is 5.91 Å². The average Bonchev–Trinajstić information content (AvgIpc) is 3.23. The van der Waals surface area contributed by atoms with Gasteiger partial charge in [-0.05, 0) is 61.6 Å². The lowest BCUT2D eigenvalue weighted by molar-refractivity contribution is 0.102. The molecule has 0 atom stereocenters. The van der Waals surface area contributed by atoms with Crippen LogP contribution in [0.4, 0.5) is 11.4 Å². The third-order valence-electron chi connectivity index (χ3n) is 5.17. The van der Waals surface area contributed by atoms with E-state index in [0.29, 0.717) is 22.1 Å². The predicted molar refractivity (Wildman–Crippen MR) is 124 cm³/mol. The summed E-state index contributed by atoms with van der Waals surface area (Å²) in [5.74, 6) is 1.06. The second-order valence-electron chi connectivity index (χ2n) is 7.29. The zero-order valence-corrected chi connectivity index (χ0v) is 18.4. The van der Waals surface area contributed by atoms with Gasteiger partial charge in [-0.1, -0.05) is 11.6 Å². The van der Waals surface area contributed by atoms with Crippen molar-refractivity contribution in [3.8, 4) is 0 Å². The third kappa shape index (κ3) is 5.19. The summed E-state index contributed by atoms with van der Waals surface area (Å²) in [6.07, 6.45) is 1.56. The van der Waals surface area contributed by atoms with Crippen LogP contribution in [0.5, 0.6) is 0 Å². The molecule has 1 amide bonds. The molecule has 1 aliphatic heterocycles. The van der Waals surface area contributed by atoms with Crippen molar-refractivity contribution in [2.24, 2.45) is 0 Å². The van der Waals surface area contributed by atoms with Crippen molar-refractivity contribution >= 4 is 40.6 Å². The highest BCUT2D eigenvalue weighted by Crippen LogP contribution is 2.27. The fraction of sp³-hybridized carbons (Fsp3) is 0.261. The predicted octanol–water partition coefficient (Wildman–Crippen LogP) is 5.23. The number of rotatable bonds is 6. The fourth-order valence-electron chi connectivity index (χ4n) is 3.35. The molecular formula is C23H24ClN3O2S. The number of furan rings is 1. The molecule has 2 heterocycles. The lowest BCUT2D eigenvalue weighted by atomic mass is 10.2. The molecule has 0 saturated carbocycles. The number of carbonyl (C=O) groups excluding carboxylic acids is 1. The number of carbonyl (C=O) groups is 1. The van der Waals surface area contributed by atoms with E-state index in [1.165, 1.54) is 5.69 Å². The molecule has 30 heavy (non-hydrogen) atoms. The standard InChI is InChI=1S/C23H24ClN3O2S/c1-26-11-13-27(14-12-26)19-6-4-18(5-7-19)25-23(28)21-10-15-29-22(21)16-30-20-8-2-17(24)3-9-20/h2-10,15H,11-14,16H2,1H3,(H,25,28). The Morgan fingerprint density at radius 3 is 2.43 bits per heavy atom. The Labute approximate surface area is 186 Å². The summed E-state index contributed by atoms with van der Waals surface area (Å²) in [5.41, 5.74) is 2.51. The Balaban J connectivity index is 1.36. The van der Waals surface area contributed by atoms with E-state index in [1.54, 1.807) is 24.1 Å². The highest BCUT2D eigenvalue weighted by atomic mass is 35.5. The molecule has 3 aromatic rings. The molecule has 2 aromatic carbocycles. The zero-order valence-electron chi connectivity index (χ0n) is 16.8. The van der Waals surface area contributed by atoms with Crippen LogP contribution in [0.25, 0.3) is 0 Å². The van der Waals surface area contributed by atoms with Gasteiger partial charge in [0.1, 0.15) is 5.76 Å². The SMILES string of the molecule is CN1CCN(c2ccc(NC(=O)c3ccoc3CSc3ccc(Cl)cc3)cc2)CC1. The molecule has 0 aliphatic carbocycles. The van der Waals surface area contributed by atoms with Crippen LogP contribution in [0.1, 0.15) is 16.1 Å². The average molecular weight is 442 g/mol. The molecule has 0 radical (unpaired) electrons. The number of likely N-dealkylation sites (N-methyl/N-ethyl adjacent to an activating group) is 1. The maximum atomic E-state index is 12.8. The van der Waals surface area contributed by atoms with E-state index in [0.717, 1.165) is 36.8 Å². The van der Waals surface area contributed by atoms with E-state index in [1.807, 2.05) is 36.4 Å². The molecule has 7 heteroatoms. The molecule has 1 aliphatic rings. The van der Waals surface area contributed by atoms with Gasteiger partial charge in [0.05, 0.1) is 17.6 Å². The number of benzene rings is 2. The quantitative estimate of drug-likeness (QED) is 0.531. The number of piperazine rings is 1. The molecule has 4 rings (SSSR count). The molecular weight excluding hydrogens is 418 g/mol. The van der Waals surface area contributed by atoms with Gasteiger partial charge in [0.15, 0.2) is 0 Å². The van der Waals surface area contributed by atoms with Gasteiger partial charge in [-0.25, -0.2) is 0 Å². The van der Waals surface area contributed by atoms with E-state index in [-0.39, 0.29) is 5.91 Å². The van der Waals surface area contributed by atoms with Crippen molar-refractivity contribution in [1.82, 2.24) is 4.90 Å². The van der Waals surface area contributed by atoms with Gasteiger partial charge in [-0.2, -0.15) is 0 Å². The maximum absolute atomic E-state index is 12.8. The summed E-state index contributed by atoms with van der Waals surface area (Å²) in [6, 6.07) is 17.4. The highest BCUT2D eigenvalue weighted by molar-refractivity contribution is 7.98. The molecule has 1 fully saturated rings. The van der Waals surface area contributed by atoms with Gasteiger partial charge in [0.2, 0.25) is 0 Å². The van der Waals surface area contributed by atoms with Crippen molar-refractivity contribution in [1.29, 1.82) is 0 Å². The number of nitrogens with zero attached hydrogens (tertiary/aromatic N) is 2. The van der Waals surface area contributed by atoms with Crippen molar-refractivity contribution in [2.75, 3.05) is 43.4 Å². The van der Waals surface area contributed by atoms with E-state index in [4.69, 9.17) is 16.0 Å².